The summed E-state index contributed by atoms with van der Waals surface area (Å²) in [5.74, 6) is -1.04. The van der Waals surface area contributed by atoms with E-state index in [0.29, 0.717) is 12.2 Å². The van der Waals surface area contributed by atoms with Gasteiger partial charge in [0, 0.05) is 25.9 Å². The van der Waals surface area contributed by atoms with Gasteiger partial charge in [0.15, 0.2) is 6.61 Å². The molecule has 0 fully saturated rings. The second kappa shape index (κ2) is 14.9. The molecule has 4 aromatic carbocycles. The monoisotopic (exact) mass is 605 g/mol. The van der Waals surface area contributed by atoms with Gasteiger partial charge in [-0.25, -0.2) is 12.8 Å². The lowest BCUT2D eigenvalue weighted by Crippen LogP contribution is -2.45. The van der Waals surface area contributed by atoms with E-state index in [1.54, 1.807) is 24.3 Å². The second-order valence-corrected chi connectivity index (χ2v) is 11.2. The van der Waals surface area contributed by atoms with E-state index >= 15 is 0 Å². The number of anilines is 1. The largest absolute Gasteiger partial charge is 0.484 e. The maximum absolute atomic E-state index is 13.7. The second-order valence-electron chi connectivity index (χ2n) is 9.48. The average molecular weight is 606 g/mol. The Bertz CT molecular complexity index is 1590. The van der Waals surface area contributed by atoms with E-state index in [1.165, 1.54) is 48.4 Å². The lowest BCUT2D eigenvalue weighted by atomic mass is 10.0. The van der Waals surface area contributed by atoms with Crippen LogP contribution in [0.4, 0.5) is 10.1 Å². The molecule has 0 spiro atoms. The third kappa shape index (κ3) is 8.87. The van der Waals surface area contributed by atoms with E-state index in [9.17, 15) is 22.4 Å². The summed E-state index contributed by atoms with van der Waals surface area (Å²) in [6.45, 7) is 0.329. The Morgan fingerprint density at radius 1 is 0.860 bits per heavy atom. The van der Waals surface area contributed by atoms with Gasteiger partial charge in [-0.1, -0.05) is 60.7 Å². The molecule has 0 aliphatic heterocycles. The highest BCUT2D eigenvalue weighted by atomic mass is 32.2. The van der Waals surface area contributed by atoms with Crippen LogP contribution in [-0.2, 0) is 30.9 Å². The van der Waals surface area contributed by atoms with E-state index in [4.69, 9.17) is 9.47 Å². The molecule has 2 amide bonds. The zero-order chi connectivity index (χ0) is 30.7. The minimum absolute atomic E-state index is 0.0434. The SMILES string of the molecule is COCCNC(=O)[C@H](c1ccccc1)N(Cc1ccccc1)C(=O)COc1ccc(S(=O)(=O)Nc2ccc(F)cc2)cc1. The lowest BCUT2D eigenvalue weighted by Gasteiger charge is -2.31. The van der Waals surface area contributed by atoms with Gasteiger partial charge in [-0.3, -0.25) is 14.3 Å². The first kappa shape index (κ1) is 31.2. The maximum atomic E-state index is 13.7. The van der Waals surface area contributed by atoms with Crippen LogP contribution in [-0.4, -0.2) is 52.0 Å². The van der Waals surface area contributed by atoms with E-state index in [0.717, 1.165) is 17.7 Å². The van der Waals surface area contributed by atoms with Crippen molar-refractivity contribution in [3.63, 3.8) is 0 Å². The van der Waals surface area contributed by atoms with E-state index in [-0.39, 0.29) is 35.3 Å². The van der Waals surface area contributed by atoms with Crippen LogP contribution in [0.25, 0.3) is 0 Å². The Kier molecular flexibility index (Phi) is 10.8. The topological polar surface area (TPSA) is 114 Å². The summed E-state index contributed by atoms with van der Waals surface area (Å²) in [6.07, 6.45) is 0. The number of carbonyl (C=O) groups is 2. The molecular formula is C32H32FN3O6S. The molecule has 4 aromatic rings. The number of nitrogens with zero attached hydrogens (tertiary/aromatic N) is 1. The summed E-state index contributed by atoms with van der Waals surface area (Å²) < 4.78 is 51.8. The number of hydrogen-bond donors (Lipinski definition) is 2. The molecule has 0 aliphatic rings. The Labute approximate surface area is 250 Å². The number of halogens is 1. The number of nitrogens with one attached hydrogen (secondary N) is 2. The van der Waals surface area contributed by atoms with Crippen molar-refractivity contribution in [3.8, 4) is 5.75 Å². The highest BCUT2D eigenvalue weighted by Crippen LogP contribution is 2.25. The molecule has 43 heavy (non-hydrogen) atoms. The number of ether oxygens (including phenoxy) is 2. The molecule has 0 saturated carbocycles. The number of methoxy groups -OCH3 is 1. The van der Waals surface area contributed by atoms with Crippen molar-refractivity contribution >= 4 is 27.5 Å². The Hall–Kier alpha value is -4.74. The van der Waals surface area contributed by atoms with Crippen LogP contribution in [0.3, 0.4) is 0 Å². The summed E-state index contributed by atoms with van der Waals surface area (Å²) >= 11 is 0. The van der Waals surface area contributed by atoms with Gasteiger partial charge in [0.05, 0.1) is 11.5 Å². The van der Waals surface area contributed by atoms with Gasteiger partial charge < -0.3 is 19.7 Å². The van der Waals surface area contributed by atoms with Crippen LogP contribution in [0.15, 0.2) is 114 Å². The molecule has 224 valence electrons. The molecule has 0 aromatic heterocycles. The zero-order valence-corrected chi connectivity index (χ0v) is 24.3. The van der Waals surface area contributed by atoms with Crippen molar-refractivity contribution in [2.75, 3.05) is 31.6 Å². The fourth-order valence-electron chi connectivity index (χ4n) is 4.26. The van der Waals surface area contributed by atoms with Crippen LogP contribution in [0.1, 0.15) is 17.2 Å². The minimum Gasteiger partial charge on any atom is -0.484 e. The lowest BCUT2D eigenvalue weighted by molar-refractivity contribution is -0.143. The Morgan fingerprint density at radius 2 is 1.49 bits per heavy atom. The minimum atomic E-state index is -3.94. The molecule has 0 aliphatic carbocycles. The van der Waals surface area contributed by atoms with Gasteiger partial charge >= 0.3 is 0 Å². The number of amides is 2. The van der Waals surface area contributed by atoms with E-state index in [2.05, 4.69) is 10.0 Å². The van der Waals surface area contributed by atoms with Gasteiger partial charge in [0.1, 0.15) is 17.6 Å². The summed E-state index contributed by atoms with van der Waals surface area (Å²) in [5.41, 5.74) is 1.67. The fraction of sp³-hybridized carbons (Fsp3) is 0.188. The third-order valence-electron chi connectivity index (χ3n) is 6.39. The van der Waals surface area contributed by atoms with Crippen LogP contribution < -0.4 is 14.8 Å². The normalized spacial score (nSPS) is 11.8. The number of rotatable bonds is 14. The van der Waals surface area contributed by atoms with Crippen LogP contribution in [0.2, 0.25) is 0 Å². The summed E-state index contributed by atoms with van der Waals surface area (Å²) in [5, 5.41) is 2.84. The van der Waals surface area contributed by atoms with E-state index in [1.807, 2.05) is 36.4 Å². The summed E-state index contributed by atoms with van der Waals surface area (Å²) in [4.78, 5) is 28.5. The molecule has 2 N–H and O–H groups in total. The molecule has 1 atom stereocenters. The molecule has 0 radical (unpaired) electrons. The van der Waals surface area contributed by atoms with E-state index < -0.39 is 34.4 Å². The predicted molar refractivity (Wildman–Crippen MR) is 160 cm³/mol. The van der Waals surface area contributed by atoms with Gasteiger partial charge in [0.25, 0.3) is 15.9 Å². The van der Waals surface area contributed by atoms with Crippen LogP contribution in [0.5, 0.6) is 5.75 Å². The number of carbonyl (C=O) groups excluding carboxylic acids is 2. The fourth-order valence-corrected chi connectivity index (χ4v) is 5.32. The molecule has 0 unspecified atom stereocenters. The van der Waals surface area contributed by atoms with Crippen molar-refractivity contribution in [1.29, 1.82) is 0 Å². The van der Waals surface area contributed by atoms with Gasteiger partial charge in [-0.2, -0.15) is 0 Å². The molecule has 0 heterocycles. The zero-order valence-electron chi connectivity index (χ0n) is 23.5. The maximum Gasteiger partial charge on any atom is 0.261 e. The first-order valence-electron chi connectivity index (χ1n) is 13.4. The van der Waals surface area contributed by atoms with Crippen molar-refractivity contribution in [3.05, 3.63) is 126 Å². The average Bonchev–Trinajstić information content (AvgIpc) is 3.02. The molecule has 0 saturated heterocycles. The van der Waals surface area contributed by atoms with Crippen molar-refractivity contribution < 1.29 is 31.9 Å². The standard InChI is InChI=1S/C32H32FN3O6S/c1-41-21-20-34-32(38)31(25-10-6-3-7-11-25)36(22-24-8-4-2-5-9-24)30(37)23-42-28-16-18-29(19-17-28)43(39,40)35-27-14-12-26(33)13-15-27/h2-19,31,35H,20-23H2,1H3,(H,34,38)/t31-/m0/s1. The highest BCUT2D eigenvalue weighted by Gasteiger charge is 2.31. The molecule has 11 heteroatoms. The van der Waals surface area contributed by atoms with Crippen molar-refractivity contribution in [1.82, 2.24) is 10.2 Å². The molecule has 0 bridgehead atoms. The first-order chi connectivity index (χ1) is 20.8. The Morgan fingerprint density at radius 3 is 2.12 bits per heavy atom. The highest BCUT2D eigenvalue weighted by molar-refractivity contribution is 7.92. The number of sulfonamides is 1. The third-order valence-corrected chi connectivity index (χ3v) is 7.79. The van der Waals surface area contributed by atoms with Gasteiger partial charge in [0.2, 0.25) is 5.91 Å². The van der Waals surface area contributed by atoms with Crippen molar-refractivity contribution in [2.24, 2.45) is 0 Å². The Balaban J connectivity index is 1.52. The quantitative estimate of drug-likeness (QED) is 0.204. The molecular weight excluding hydrogens is 573 g/mol. The molecule has 9 nitrogen and oxygen atoms in total. The van der Waals surface area contributed by atoms with Crippen molar-refractivity contribution in [2.45, 2.75) is 17.5 Å². The van der Waals surface area contributed by atoms with Crippen LogP contribution in [0, 0.1) is 5.82 Å². The van der Waals surface area contributed by atoms with Gasteiger partial charge in [-0.05, 0) is 59.7 Å². The summed E-state index contributed by atoms with van der Waals surface area (Å²) in [7, 11) is -2.40. The van der Waals surface area contributed by atoms with Crippen LogP contribution >= 0.6 is 0 Å². The number of benzene rings is 4. The first-order valence-corrected chi connectivity index (χ1v) is 14.9. The molecule has 4 rings (SSSR count). The predicted octanol–water partition coefficient (Wildman–Crippen LogP) is 4.54. The smallest absolute Gasteiger partial charge is 0.261 e. The summed E-state index contributed by atoms with van der Waals surface area (Å²) in [6, 6.07) is 27.8. The number of hydrogen-bond acceptors (Lipinski definition) is 6. The van der Waals surface area contributed by atoms with Gasteiger partial charge in [-0.15, -0.1) is 0 Å².